The van der Waals surface area contributed by atoms with E-state index >= 15 is 0 Å². The lowest BCUT2D eigenvalue weighted by Gasteiger charge is -2.14. The van der Waals surface area contributed by atoms with E-state index < -0.39 is 6.04 Å². The third kappa shape index (κ3) is 3.33. The molecule has 7 heteroatoms. The van der Waals surface area contributed by atoms with Gasteiger partial charge in [-0.05, 0) is 31.6 Å². The summed E-state index contributed by atoms with van der Waals surface area (Å²) in [5, 5.41) is 6.79. The highest BCUT2D eigenvalue weighted by Gasteiger charge is 2.33. The first-order valence-corrected chi connectivity index (χ1v) is 7.38. The summed E-state index contributed by atoms with van der Waals surface area (Å²) >= 11 is 0. The molecule has 2 aromatic heterocycles. The third-order valence-corrected chi connectivity index (χ3v) is 3.69. The lowest BCUT2D eigenvalue weighted by Crippen LogP contribution is -2.40. The number of hydrogen-bond acceptors (Lipinski definition) is 4. The van der Waals surface area contributed by atoms with Crippen molar-refractivity contribution in [2.45, 2.75) is 19.4 Å². The lowest BCUT2D eigenvalue weighted by atomic mass is 10.2. The molecule has 23 heavy (non-hydrogen) atoms. The molecule has 120 valence electrons. The van der Waals surface area contributed by atoms with Crippen LogP contribution in [0.1, 0.15) is 17.9 Å². The molecule has 3 rings (SSSR count). The van der Waals surface area contributed by atoms with E-state index in [0.717, 1.165) is 11.4 Å². The quantitative estimate of drug-likeness (QED) is 0.862. The Labute approximate surface area is 133 Å². The van der Waals surface area contributed by atoms with Crippen molar-refractivity contribution >= 4 is 23.6 Å². The van der Waals surface area contributed by atoms with Gasteiger partial charge in [0.2, 0.25) is 11.8 Å². The predicted molar refractivity (Wildman–Crippen MR) is 84.6 cm³/mol. The van der Waals surface area contributed by atoms with Gasteiger partial charge in [0.15, 0.2) is 0 Å². The molecule has 1 saturated heterocycles. The number of rotatable bonds is 4. The molecule has 2 aromatic rings. The first-order chi connectivity index (χ1) is 11.0. The van der Waals surface area contributed by atoms with Crippen molar-refractivity contribution in [3.8, 4) is 0 Å². The van der Waals surface area contributed by atoms with Crippen LogP contribution in [-0.4, -0.2) is 34.2 Å². The molecule has 0 aromatic carbocycles. The molecule has 0 unspecified atom stereocenters. The van der Waals surface area contributed by atoms with E-state index in [2.05, 4.69) is 10.4 Å². The summed E-state index contributed by atoms with van der Waals surface area (Å²) in [6, 6.07) is 3.10. The van der Waals surface area contributed by atoms with E-state index in [9.17, 15) is 9.59 Å². The standard InChI is InChI=1S/C16H18N4O3/c1-11-3-4-13(23-11)5-6-15(21)18-14-7-8-20(16(14)22)12-9-17-19(2)10-12/h3-6,9-10,14H,7-8H2,1-2H3,(H,18,21)/b6-5-/t14-/m0/s1. The molecule has 0 spiro atoms. The summed E-state index contributed by atoms with van der Waals surface area (Å²) in [7, 11) is 1.80. The van der Waals surface area contributed by atoms with Crippen molar-refractivity contribution in [1.82, 2.24) is 15.1 Å². The SMILES string of the molecule is Cc1ccc(/C=C\C(=O)N[C@H]2CCN(c3cnn(C)c3)C2=O)o1. The maximum Gasteiger partial charge on any atom is 0.249 e. The van der Waals surface area contributed by atoms with Crippen molar-refractivity contribution in [3.63, 3.8) is 0 Å². The Morgan fingerprint density at radius 2 is 2.30 bits per heavy atom. The minimum atomic E-state index is -0.509. The van der Waals surface area contributed by atoms with E-state index in [4.69, 9.17) is 4.42 Å². The molecule has 2 amide bonds. The number of amides is 2. The van der Waals surface area contributed by atoms with E-state index in [1.165, 1.54) is 6.08 Å². The van der Waals surface area contributed by atoms with Crippen molar-refractivity contribution in [2.24, 2.45) is 7.05 Å². The fourth-order valence-electron chi connectivity index (χ4n) is 2.54. The zero-order chi connectivity index (χ0) is 16.4. The molecule has 0 saturated carbocycles. The molecule has 0 bridgehead atoms. The molecule has 1 atom stereocenters. The van der Waals surface area contributed by atoms with Gasteiger partial charge in [0, 0.05) is 25.9 Å². The Balaban J connectivity index is 1.59. The Morgan fingerprint density at radius 1 is 1.48 bits per heavy atom. The number of aryl methyl sites for hydroxylation is 2. The number of carbonyl (C=O) groups is 2. The van der Waals surface area contributed by atoms with Gasteiger partial charge in [-0.25, -0.2) is 0 Å². The molecule has 7 nitrogen and oxygen atoms in total. The maximum atomic E-state index is 12.4. The smallest absolute Gasteiger partial charge is 0.249 e. The maximum absolute atomic E-state index is 12.4. The van der Waals surface area contributed by atoms with Gasteiger partial charge in [-0.1, -0.05) is 0 Å². The van der Waals surface area contributed by atoms with Gasteiger partial charge in [0.05, 0.1) is 11.9 Å². The van der Waals surface area contributed by atoms with E-state index in [-0.39, 0.29) is 11.8 Å². The Hall–Kier alpha value is -2.83. The van der Waals surface area contributed by atoms with E-state index in [1.54, 1.807) is 41.2 Å². The normalized spacial score (nSPS) is 18.1. The van der Waals surface area contributed by atoms with Crippen LogP contribution in [0.3, 0.4) is 0 Å². The van der Waals surface area contributed by atoms with Crippen LogP contribution < -0.4 is 10.2 Å². The van der Waals surface area contributed by atoms with Gasteiger partial charge in [0.1, 0.15) is 17.6 Å². The van der Waals surface area contributed by atoms with Crippen LogP contribution in [0.25, 0.3) is 6.08 Å². The summed E-state index contributed by atoms with van der Waals surface area (Å²) in [4.78, 5) is 25.9. The average molecular weight is 314 g/mol. The average Bonchev–Trinajstić information content (AvgIpc) is 3.20. The van der Waals surface area contributed by atoms with Gasteiger partial charge in [0.25, 0.3) is 0 Å². The third-order valence-electron chi connectivity index (χ3n) is 3.69. The second-order valence-corrected chi connectivity index (χ2v) is 5.49. The zero-order valence-corrected chi connectivity index (χ0v) is 13.0. The van der Waals surface area contributed by atoms with Crippen LogP contribution in [0, 0.1) is 6.92 Å². The fourth-order valence-corrected chi connectivity index (χ4v) is 2.54. The van der Waals surface area contributed by atoms with Gasteiger partial charge in [-0.2, -0.15) is 5.10 Å². The summed E-state index contributed by atoms with van der Waals surface area (Å²) < 4.78 is 6.99. The largest absolute Gasteiger partial charge is 0.462 e. The molecular formula is C16H18N4O3. The Kier molecular flexibility index (Phi) is 4.01. The number of furan rings is 1. The second-order valence-electron chi connectivity index (χ2n) is 5.49. The number of carbonyl (C=O) groups excluding carboxylic acids is 2. The molecular weight excluding hydrogens is 296 g/mol. The number of nitrogens with one attached hydrogen (secondary N) is 1. The monoisotopic (exact) mass is 314 g/mol. The van der Waals surface area contributed by atoms with Gasteiger partial charge >= 0.3 is 0 Å². The highest BCUT2D eigenvalue weighted by molar-refractivity contribution is 6.02. The molecule has 0 aliphatic carbocycles. The highest BCUT2D eigenvalue weighted by Crippen LogP contribution is 2.20. The van der Waals surface area contributed by atoms with Crippen molar-refractivity contribution < 1.29 is 14.0 Å². The van der Waals surface area contributed by atoms with E-state index in [1.807, 2.05) is 13.0 Å². The molecule has 1 aliphatic rings. The number of hydrogen-bond donors (Lipinski definition) is 1. The predicted octanol–water partition coefficient (Wildman–Crippen LogP) is 1.26. The number of anilines is 1. The van der Waals surface area contributed by atoms with E-state index in [0.29, 0.717) is 18.7 Å². The van der Waals surface area contributed by atoms with Crippen molar-refractivity contribution in [2.75, 3.05) is 11.4 Å². The van der Waals surface area contributed by atoms with Crippen LogP contribution >= 0.6 is 0 Å². The van der Waals surface area contributed by atoms with Gasteiger partial charge < -0.3 is 14.6 Å². The highest BCUT2D eigenvalue weighted by atomic mass is 16.3. The van der Waals surface area contributed by atoms with Crippen LogP contribution in [0.2, 0.25) is 0 Å². The first kappa shape index (κ1) is 15.1. The molecule has 0 radical (unpaired) electrons. The molecule has 1 fully saturated rings. The minimum absolute atomic E-state index is 0.117. The summed E-state index contributed by atoms with van der Waals surface area (Å²) in [5.41, 5.74) is 0.746. The summed E-state index contributed by atoms with van der Waals surface area (Å²) in [5.74, 6) is 0.953. The summed E-state index contributed by atoms with van der Waals surface area (Å²) in [6.45, 7) is 2.40. The van der Waals surface area contributed by atoms with Crippen molar-refractivity contribution in [3.05, 3.63) is 42.1 Å². The van der Waals surface area contributed by atoms with Gasteiger partial charge in [-0.3, -0.25) is 14.3 Å². The molecule has 3 heterocycles. The fraction of sp³-hybridized carbons (Fsp3) is 0.312. The number of nitrogens with zero attached hydrogens (tertiary/aromatic N) is 3. The van der Waals surface area contributed by atoms with Crippen LogP contribution in [0.4, 0.5) is 5.69 Å². The van der Waals surface area contributed by atoms with Crippen molar-refractivity contribution in [1.29, 1.82) is 0 Å². The Morgan fingerprint density at radius 3 is 2.96 bits per heavy atom. The Bertz CT molecular complexity index is 759. The topological polar surface area (TPSA) is 80.4 Å². The van der Waals surface area contributed by atoms with Crippen LogP contribution in [0.5, 0.6) is 0 Å². The lowest BCUT2D eigenvalue weighted by molar-refractivity contribution is -0.123. The van der Waals surface area contributed by atoms with Crippen LogP contribution in [-0.2, 0) is 16.6 Å². The number of aromatic nitrogens is 2. The first-order valence-electron chi connectivity index (χ1n) is 7.38. The second kappa shape index (κ2) is 6.12. The minimum Gasteiger partial charge on any atom is -0.462 e. The molecule has 1 aliphatic heterocycles. The van der Waals surface area contributed by atoms with Crippen LogP contribution in [0.15, 0.2) is 35.0 Å². The van der Waals surface area contributed by atoms with Gasteiger partial charge in [-0.15, -0.1) is 0 Å². The zero-order valence-electron chi connectivity index (χ0n) is 13.0. The summed E-state index contributed by atoms with van der Waals surface area (Å²) in [6.07, 6.45) is 6.95. The molecule has 1 N–H and O–H groups in total.